The number of hydrogen-bond acceptors (Lipinski definition) is 1. The minimum Gasteiger partial charge on any atom is -0.365 e. The average molecular weight is 173 g/mol. The van der Waals surface area contributed by atoms with Crippen LogP contribution in [0.4, 0.5) is 0 Å². The number of fused-ring (bicyclic) bond motifs is 1. The van der Waals surface area contributed by atoms with Crippen molar-refractivity contribution in [1.82, 2.24) is 4.98 Å². The minimum absolute atomic E-state index is 0.333. The lowest BCUT2D eigenvalue weighted by atomic mass is 10.1. The van der Waals surface area contributed by atoms with Crippen LogP contribution in [0.5, 0.6) is 0 Å². The van der Waals surface area contributed by atoms with Crippen LogP contribution in [0.3, 0.4) is 0 Å². The largest absolute Gasteiger partial charge is 0.365 e. The molecule has 0 aliphatic carbocycles. The molecule has 0 spiro atoms. The lowest BCUT2D eigenvalue weighted by molar-refractivity contribution is 0.383. The molecule has 66 valence electrons. The van der Waals surface area contributed by atoms with Crippen LogP contribution in [0, 0.1) is 0 Å². The van der Waals surface area contributed by atoms with E-state index in [2.05, 4.69) is 36.2 Å². The van der Waals surface area contributed by atoms with Gasteiger partial charge in [0.05, 0.1) is 6.10 Å². The summed E-state index contributed by atoms with van der Waals surface area (Å²) in [5.74, 6) is 0. The van der Waals surface area contributed by atoms with E-state index in [0.29, 0.717) is 12.2 Å². The summed E-state index contributed by atoms with van der Waals surface area (Å²) in [6, 6.07) is 8.53. The molecule has 0 saturated carbocycles. The normalized spacial score (nSPS) is 26.5. The van der Waals surface area contributed by atoms with Crippen LogP contribution >= 0.6 is 0 Å². The first-order valence-corrected chi connectivity index (χ1v) is 4.57. The molecule has 1 aromatic heterocycles. The van der Waals surface area contributed by atoms with Gasteiger partial charge in [-0.15, -0.1) is 0 Å². The molecule has 1 aliphatic heterocycles. The Balaban J connectivity index is 2.10. The van der Waals surface area contributed by atoms with Crippen molar-refractivity contribution in [3.63, 3.8) is 0 Å². The molecule has 1 aliphatic rings. The van der Waals surface area contributed by atoms with Gasteiger partial charge < -0.3 is 9.72 Å². The average Bonchev–Trinajstić information content (AvgIpc) is 2.70. The summed E-state index contributed by atoms with van der Waals surface area (Å²) in [4.78, 5) is 3.18. The van der Waals surface area contributed by atoms with E-state index >= 15 is 0 Å². The number of aromatic amines is 1. The second kappa shape index (κ2) is 2.36. The first-order valence-electron chi connectivity index (χ1n) is 4.57. The second-order valence-corrected chi connectivity index (χ2v) is 3.59. The Morgan fingerprint density at radius 2 is 2.15 bits per heavy atom. The van der Waals surface area contributed by atoms with Crippen molar-refractivity contribution < 1.29 is 4.74 Å². The molecular weight excluding hydrogens is 162 g/mol. The molecule has 2 nitrogen and oxygen atoms in total. The summed E-state index contributed by atoms with van der Waals surface area (Å²) >= 11 is 0. The molecule has 2 heteroatoms. The highest BCUT2D eigenvalue weighted by atomic mass is 16.6. The van der Waals surface area contributed by atoms with Crippen molar-refractivity contribution in [2.24, 2.45) is 0 Å². The number of epoxide rings is 1. The molecule has 1 aromatic carbocycles. The molecule has 3 rings (SSSR count). The zero-order valence-electron chi connectivity index (χ0n) is 7.45. The second-order valence-electron chi connectivity index (χ2n) is 3.59. The first-order chi connectivity index (χ1) is 6.34. The summed E-state index contributed by atoms with van der Waals surface area (Å²) in [7, 11) is 0. The molecule has 2 aromatic rings. The summed E-state index contributed by atoms with van der Waals surface area (Å²) in [6.07, 6.45) is 2.70. The van der Waals surface area contributed by atoms with E-state index in [-0.39, 0.29) is 0 Å². The molecule has 0 radical (unpaired) electrons. The zero-order valence-corrected chi connectivity index (χ0v) is 7.45. The Hall–Kier alpha value is -1.28. The number of nitrogens with one attached hydrogen (secondary N) is 1. The van der Waals surface area contributed by atoms with Gasteiger partial charge in [-0.2, -0.15) is 0 Å². The van der Waals surface area contributed by atoms with Gasteiger partial charge in [-0.3, -0.25) is 0 Å². The quantitative estimate of drug-likeness (QED) is 0.660. The van der Waals surface area contributed by atoms with E-state index in [1.807, 2.05) is 6.20 Å². The standard InChI is InChI=1S/C11H11NO/c1-7-11(13-7)9-2-3-10-8(6-9)4-5-12-10/h2-7,11-12H,1H3. The van der Waals surface area contributed by atoms with E-state index < -0.39 is 0 Å². The predicted octanol–water partition coefficient (Wildman–Crippen LogP) is 2.63. The fourth-order valence-corrected chi connectivity index (χ4v) is 1.78. The van der Waals surface area contributed by atoms with Gasteiger partial charge in [0.2, 0.25) is 0 Å². The van der Waals surface area contributed by atoms with Crippen LogP contribution in [0.25, 0.3) is 10.9 Å². The van der Waals surface area contributed by atoms with Gasteiger partial charge in [-0.05, 0) is 36.1 Å². The van der Waals surface area contributed by atoms with Gasteiger partial charge in [0, 0.05) is 11.7 Å². The molecule has 1 fully saturated rings. The van der Waals surface area contributed by atoms with Crippen molar-refractivity contribution in [3.05, 3.63) is 36.0 Å². The van der Waals surface area contributed by atoms with Crippen LogP contribution in [-0.2, 0) is 4.74 Å². The third kappa shape index (κ3) is 1.06. The van der Waals surface area contributed by atoms with E-state index in [9.17, 15) is 0 Å². The fourth-order valence-electron chi connectivity index (χ4n) is 1.78. The summed E-state index contributed by atoms with van der Waals surface area (Å²) in [5, 5.41) is 1.26. The summed E-state index contributed by atoms with van der Waals surface area (Å²) in [6.45, 7) is 2.10. The lowest BCUT2D eigenvalue weighted by Crippen LogP contribution is -1.82. The Morgan fingerprint density at radius 1 is 1.31 bits per heavy atom. The Kier molecular flexibility index (Phi) is 1.30. The van der Waals surface area contributed by atoms with Crippen molar-refractivity contribution in [2.45, 2.75) is 19.1 Å². The van der Waals surface area contributed by atoms with Crippen LogP contribution < -0.4 is 0 Å². The van der Waals surface area contributed by atoms with Crippen LogP contribution in [0.15, 0.2) is 30.5 Å². The Labute approximate surface area is 76.5 Å². The number of benzene rings is 1. The highest BCUT2D eigenvalue weighted by Crippen LogP contribution is 2.38. The monoisotopic (exact) mass is 173 g/mol. The smallest absolute Gasteiger partial charge is 0.109 e. The number of ether oxygens (including phenoxy) is 1. The van der Waals surface area contributed by atoms with Gasteiger partial charge in [-0.1, -0.05) is 6.07 Å². The third-order valence-corrected chi connectivity index (χ3v) is 2.62. The Morgan fingerprint density at radius 3 is 2.92 bits per heavy atom. The molecule has 2 heterocycles. The maximum atomic E-state index is 5.42. The number of aromatic nitrogens is 1. The number of H-pyrrole nitrogens is 1. The molecule has 0 bridgehead atoms. The molecule has 2 atom stereocenters. The third-order valence-electron chi connectivity index (χ3n) is 2.62. The predicted molar refractivity (Wildman–Crippen MR) is 51.6 cm³/mol. The number of rotatable bonds is 1. The maximum Gasteiger partial charge on any atom is 0.109 e. The van der Waals surface area contributed by atoms with Gasteiger partial charge in [0.25, 0.3) is 0 Å². The summed E-state index contributed by atoms with van der Waals surface area (Å²) < 4.78 is 5.42. The van der Waals surface area contributed by atoms with Gasteiger partial charge in [-0.25, -0.2) is 0 Å². The SMILES string of the molecule is CC1OC1c1ccc2[nH]ccc2c1. The number of hydrogen-bond donors (Lipinski definition) is 1. The highest BCUT2D eigenvalue weighted by Gasteiger charge is 2.35. The lowest BCUT2D eigenvalue weighted by Gasteiger charge is -1.95. The fraction of sp³-hybridized carbons (Fsp3) is 0.273. The molecule has 1 N–H and O–H groups in total. The van der Waals surface area contributed by atoms with Crippen molar-refractivity contribution in [3.8, 4) is 0 Å². The maximum absolute atomic E-state index is 5.42. The van der Waals surface area contributed by atoms with Gasteiger partial charge in [0.15, 0.2) is 0 Å². The van der Waals surface area contributed by atoms with E-state index in [1.54, 1.807) is 0 Å². The first kappa shape index (κ1) is 7.15. The molecular formula is C11H11NO. The highest BCUT2D eigenvalue weighted by molar-refractivity contribution is 5.80. The molecule has 0 amide bonds. The molecule has 13 heavy (non-hydrogen) atoms. The van der Waals surface area contributed by atoms with E-state index in [0.717, 1.165) is 0 Å². The molecule has 1 saturated heterocycles. The van der Waals surface area contributed by atoms with Gasteiger partial charge >= 0.3 is 0 Å². The van der Waals surface area contributed by atoms with Gasteiger partial charge in [0.1, 0.15) is 6.10 Å². The Bertz CT molecular complexity index is 446. The van der Waals surface area contributed by atoms with Crippen LogP contribution in [0.2, 0.25) is 0 Å². The van der Waals surface area contributed by atoms with Crippen molar-refractivity contribution >= 4 is 10.9 Å². The summed E-state index contributed by atoms with van der Waals surface area (Å²) in [5.41, 5.74) is 2.48. The van der Waals surface area contributed by atoms with Crippen molar-refractivity contribution in [1.29, 1.82) is 0 Å². The topological polar surface area (TPSA) is 28.3 Å². The van der Waals surface area contributed by atoms with E-state index in [4.69, 9.17) is 4.74 Å². The van der Waals surface area contributed by atoms with Crippen molar-refractivity contribution in [2.75, 3.05) is 0 Å². The van der Waals surface area contributed by atoms with E-state index in [1.165, 1.54) is 16.5 Å². The molecule has 2 unspecified atom stereocenters. The van der Waals surface area contributed by atoms with Crippen LogP contribution in [-0.4, -0.2) is 11.1 Å². The minimum atomic E-state index is 0.333. The zero-order chi connectivity index (χ0) is 8.84. The van der Waals surface area contributed by atoms with Crippen LogP contribution in [0.1, 0.15) is 18.6 Å².